The van der Waals surface area contributed by atoms with Gasteiger partial charge >= 0.3 is 5.97 Å². The summed E-state index contributed by atoms with van der Waals surface area (Å²) in [5.74, 6) is 3.77. The number of carbonyl (C=O) groups is 1. The van der Waals surface area contributed by atoms with Gasteiger partial charge in [0, 0.05) is 11.5 Å². The fraction of sp³-hybridized carbons (Fsp3) is 0.100. The molecule has 0 fully saturated rings. The van der Waals surface area contributed by atoms with Crippen LogP contribution in [0.15, 0.2) is 18.2 Å². The maximum absolute atomic E-state index is 10.2. The lowest BCUT2D eigenvalue weighted by Gasteiger charge is -2.01. The normalized spacial score (nSPS) is 8.71. The van der Waals surface area contributed by atoms with Crippen molar-refractivity contribution >= 4 is 17.6 Å². The first kappa shape index (κ1) is 10.4. The molecule has 0 aliphatic heterocycles. The van der Waals surface area contributed by atoms with Crippen LogP contribution in [0.2, 0.25) is 5.02 Å². The molecule has 0 bridgehead atoms. The predicted octanol–water partition coefficient (Wildman–Crippen LogP) is 1.78. The first-order chi connectivity index (χ1) is 6.63. The molecule has 1 rings (SSSR count). The number of benzene rings is 1. The van der Waals surface area contributed by atoms with Gasteiger partial charge in [-0.3, -0.25) is 0 Å². The van der Waals surface area contributed by atoms with Gasteiger partial charge < -0.3 is 9.84 Å². The van der Waals surface area contributed by atoms with Crippen molar-refractivity contribution in [3.63, 3.8) is 0 Å². The SMILES string of the molecule is COc1cc(C#CC(=O)O)ccc1Cl. The average Bonchev–Trinajstić information content (AvgIpc) is 2.16. The van der Waals surface area contributed by atoms with Crippen LogP contribution >= 0.6 is 11.6 Å². The second-order valence-electron chi connectivity index (χ2n) is 2.40. The van der Waals surface area contributed by atoms with E-state index in [9.17, 15) is 4.79 Å². The Morgan fingerprint density at radius 2 is 2.29 bits per heavy atom. The fourth-order valence-corrected chi connectivity index (χ4v) is 1.06. The van der Waals surface area contributed by atoms with E-state index in [1.165, 1.54) is 7.11 Å². The van der Waals surface area contributed by atoms with E-state index >= 15 is 0 Å². The molecule has 0 heterocycles. The zero-order chi connectivity index (χ0) is 10.6. The van der Waals surface area contributed by atoms with E-state index in [0.29, 0.717) is 16.3 Å². The first-order valence-corrected chi connectivity index (χ1v) is 4.10. The minimum atomic E-state index is -1.17. The van der Waals surface area contributed by atoms with E-state index in [4.69, 9.17) is 21.4 Å². The largest absolute Gasteiger partial charge is 0.495 e. The van der Waals surface area contributed by atoms with Gasteiger partial charge in [0.2, 0.25) is 0 Å². The van der Waals surface area contributed by atoms with Crippen molar-refractivity contribution in [2.75, 3.05) is 7.11 Å². The number of carboxylic acids is 1. The predicted molar refractivity (Wildman–Crippen MR) is 52.5 cm³/mol. The molecule has 1 aromatic rings. The summed E-state index contributed by atoms with van der Waals surface area (Å²) in [5.41, 5.74) is 0.550. The van der Waals surface area contributed by atoms with Crippen molar-refractivity contribution in [3.05, 3.63) is 28.8 Å². The van der Waals surface area contributed by atoms with E-state index in [-0.39, 0.29) is 0 Å². The summed E-state index contributed by atoms with van der Waals surface area (Å²) in [5, 5.41) is 8.79. The summed E-state index contributed by atoms with van der Waals surface area (Å²) in [6.45, 7) is 0. The molecule has 0 amide bonds. The Morgan fingerprint density at radius 1 is 1.57 bits per heavy atom. The molecule has 0 aliphatic rings. The number of carboxylic acid groups (broad SMARTS) is 1. The van der Waals surface area contributed by atoms with Crippen LogP contribution in [0.4, 0.5) is 0 Å². The van der Waals surface area contributed by atoms with Gasteiger partial charge in [-0.25, -0.2) is 4.79 Å². The zero-order valence-corrected chi connectivity index (χ0v) is 8.13. The lowest BCUT2D eigenvalue weighted by atomic mass is 10.2. The van der Waals surface area contributed by atoms with Crippen LogP contribution < -0.4 is 4.74 Å². The third-order valence-electron chi connectivity index (χ3n) is 1.46. The highest BCUT2D eigenvalue weighted by molar-refractivity contribution is 6.32. The van der Waals surface area contributed by atoms with Crippen LogP contribution in [-0.4, -0.2) is 18.2 Å². The number of hydrogen-bond donors (Lipinski definition) is 1. The molecule has 1 N–H and O–H groups in total. The van der Waals surface area contributed by atoms with Gasteiger partial charge in [0.1, 0.15) is 5.75 Å². The Bertz CT molecular complexity index is 415. The molecule has 0 atom stereocenters. The van der Waals surface area contributed by atoms with Gasteiger partial charge in [0.25, 0.3) is 0 Å². The third-order valence-corrected chi connectivity index (χ3v) is 1.78. The minimum Gasteiger partial charge on any atom is -0.495 e. The van der Waals surface area contributed by atoms with Crippen molar-refractivity contribution in [3.8, 4) is 17.6 Å². The molecule has 14 heavy (non-hydrogen) atoms. The van der Waals surface area contributed by atoms with Crippen molar-refractivity contribution in [1.29, 1.82) is 0 Å². The Kier molecular flexibility index (Phi) is 3.38. The van der Waals surface area contributed by atoms with Gasteiger partial charge in [-0.1, -0.05) is 17.5 Å². The second kappa shape index (κ2) is 4.54. The minimum absolute atomic E-state index is 0.466. The molecule has 4 heteroatoms. The topological polar surface area (TPSA) is 46.5 Å². The third kappa shape index (κ3) is 2.68. The van der Waals surface area contributed by atoms with E-state index in [2.05, 4.69) is 5.92 Å². The molecule has 0 saturated heterocycles. The average molecular weight is 211 g/mol. The lowest BCUT2D eigenvalue weighted by Crippen LogP contribution is -1.88. The van der Waals surface area contributed by atoms with Gasteiger partial charge in [-0.15, -0.1) is 0 Å². The van der Waals surface area contributed by atoms with Gasteiger partial charge in [0.05, 0.1) is 12.1 Å². The molecule has 1 aromatic carbocycles. The highest BCUT2D eigenvalue weighted by Gasteiger charge is 1.99. The molecule has 0 unspecified atom stereocenters. The zero-order valence-electron chi connectivity index (χ0n) is 7.37. The highest BCUT2D eigenvalue weighted by atomic mass is 35.5. The van der Waals surface area contributed by atoms with Crippen molar-refractivity contribution in [2.45, 2.75) is 0 Å². The summed E-state index contributed by atoms with van der Waals surface area (Å²) in [6.07, 6.45) is 0. The van der Waals surface area contributed by atoms with Crippen LogP contribution in [0.3, 0.4) is 0 Å². The van der Waals surface area contributed by atoms with Gasteiger partial charge in [-0.2, -0.15) is 0 Å². The molecular weight excluding hydrogens is 204 g/mol. The maximum atomic E-state index is 10.2. The van der Waals surface area contributed by atoms with Crippen LogP contribution in [0.25, 0.3) is 0 Å². The van der Waals surface area contributed by atoms with Gasteiger partial charge in [0.15, 0.2) is 0 Å². The van der Waals surface area contributed by atoms with E-state index in [0.717, 1.165) is 0 Å². The summed E-state index contributed by atoms with van der Waals surface area (Å²) >= 11 is 5.77. The molecule has 3 nitrogen and oxygen atoms in total. The van der Waals surface area contributed by atoms with Crippen molar-refractivity contribution < 1.29 is 14.6 Å². The van der Waals surface area contributed by atoms with Crippen molar-refractivity contribution in [2.24, 2.45) is 0 Å². The summed E-state index contributed by atoms with van der Waals surface area (Å²) in [6, 6.07) is 4.81. The molecule has 0 aromatic heterocycles. The molecule has 0 spiro atoms. The van der Waals surface area contributed by atoms with Crippen LogP contribution in [0, 0.1) is 11.8 Å². The standard InChI is InChI=1S/C10H7ClO3/c1-14-9-6-7(2-4-8(9)11)3-5-10(12)13/h2,4,6H,1H3,(H,12,13). The molecule has 0 saturated carbocycles. The Balaban J connectivity index is 3.03. The van der Waals surface area contributed by atoms with Crippen LogP contribution in [0.5, 0.6) is 5.75 Å². The lowest BCUT2D eigenvalue weighted by molar-refractivity contribution is -0.130. The first-order valence-electron chi connectivity index (χ1n) is 3.72. The Hall–Kier alpha value is -1.66. The number of aliphatic carboxylic acids is 1. The van der Waals surface area contributed by atoms with E-state index in [1.807, 2.05) is 5.92 Å². The number of methoxy groups -OCH3 is 1. The Labute approximate surface area is 86.3 Å². The molecule has 72 valence electrons. The number of ether oxygens (including phenoxy) is 1. The Morgan fingerprint density at radius 3 is 2.86 bits per heavy atom. The fourth-order valence-electron chi connectivity index (χ4n) is 0.863. The molecule has 0 aliphatic carbocycles. The van der Waals surface area contributed by atoms with Crippen LogP contribution in [-0.2, 0) is 4.79 Å². The summed E-state index contributed by atoms with van der Waals surface area (Å²) in [4.78, 5) is 10.2. The molecular formula is C10H7ClO3. The quantitative estimate of drug-likeness (QED) is 0.719. The summed E-state index contributed by atoms with van der Waals surface area (Å²) < 4.78 is 4.95. The van der Waals surface area contributed by atoms with Crippen LogP contribution in [0.1, 0.15) is 5.56 Å². The smallest absolute Gasteiger partial charge is 0.382 e. The summed E-state index contributed by atoms with van der Waals surface area (Å²) in [7, 11) is 1.48. The number of hydrogen-bond acceptors (Lipinski definition) is 2. The van der Waals surface area contributed by atoms with Gasteiger partial charge in [-0.05, 0) is 18.2 Å². The van der Waals surface area contributed by atoms with Crippen molar-refractivity contribution in [1.82, 2.24) is 0 Å². The maximum Gasteiger partial charge on any atom is 0.382 e. The molecule has 0 radical (unpaired) electrons. The second-order valence-corrected chi connectivity index (χ2v) is 2.81. The van der Waals surface area contributed by atoms with E-state index in [1.54, 1.807) is 18.2 Å². The monoisotopic (exact) mass is 210 g/mol. The number of rotatable bonds is 1. The number of halogens is 1. The highest BCUT2D eigenvalue weighted by Crippen LogP contribution is 2.24. The van der Waals surface area contributed by atoms with E-state index < -0.39 is 5.97 Å².